The molecule has 0 heterocycles. The third kappa shape index (κ3) is 9.88. The van der Waals surface area contributed by atoms with E-state index in [4.69, 9.17) is 5.73 Å². The van der Waals surface area contributed by atoms with Gasteiger partial charge in [-0.15, -0.1) is 0 Å². The number of aliphatic hydroxyl groups is 1. The number of nitrogens with two attached hydrogens (primary N) is 1. The molecule has 0 aromatic rings. The number of carboxylic acids is 1. The lowest BCUT2D eigenvalue weighted by Gasteiger charge is -2.28. The molecule has 7 N–H and O–H groups in total. The fraction of sp³-hybridized carbons (Fsp3) is 0.800. The van der Waals surface area contributed by atoms with Gasteiger partial charge in [0.05, 0.1) is 12.6 Å². The molecule has 0 aliphatic rings. The molecule has 11 heteroatoms. The first-order valence-corrected chi connectivity index (χ1v) is 11.9. The molecule has 0 saturated carbocycles. The smallest absolute Gasteiger partial charge is 0.326 e. The monoisotopic (exact) mass is 462 g/mol. The number of rotatable bonds is 15. The van der Waals surface area contributed by atoms with E-state index < -0.39 is 54.5 Å². The molecule has 0 radical (unpaired) electrons. The highest BCUT2D eigenvalue weighted by Gasteiger charge is 2.32. The maximum Gasteiger partial charge on any atom is 0.326 e. The Hall–Kier alpha value is -1.85. The highest BCUT2D eigenvalue weighted by Crippen LogP contribution is 2.11. The first-order valence-electron chi connectivity index (χ1n) is 10.5. The Bertz CT molecular complexity index is 606. The quantitative estimate of drug-likeness (QED) is 0.192. The van der Waals surface area contributed by atoms with Crippen LogP contribution >= 0.6 is 11.8 Å². The van der Waals surface area contributed by atoms with Gasteiger partial charge in [-0.1, -0.05) is 40.5 Å². The van der Waals surface area contributed by atoms with Gasteiger partial charge in [0.15, 0.2) is 0 Å². The van der Waals surface area contributed by atoms with E-state index >= 15 is 0 Å². The lowest BCUT2D eigenvalue weighted by molar-refractivity contribution is -0.142. The van der Waals surface area contributed by atoms with E-state index in [-0.39, 0.29) is 18.3 Å². The summed E-state index contributed by atoms with van der Waals surface area (Å²) in [6.07, 6.45) is 3.28. The summed E-state index contributed by atoms with van der Waals surface area (Å²) in [5.41, 5.74) is 5.95. The molecule has 0 rings (SSSR count). The summed E-state index contributed by atoms with van der Waals surface area (Å²) in [7, 11) is 0. The number of carbonyl (C=O) groups excluding carboxylic acids is 3. The summed E-state index contributed by atoms with van der Waals surface area (Å²) in [5, 5.41) is 26.3. The Morgan fingerprint density at radius 1 is 0.903 bits per heavy atom. The second-order valence-electron chi connectivity index (χ2n) is 7.71. The minimum absolute atomic E-state index is 0.0779. The van der Waals surface area contributed by atoms with Crippen LogP contribution in [0, 0.1) is 11.8 Å². The van der Waals surface area contributed by atoms with Gasteiger partial charge in [-0.05, 0) is 30.3 Å². The molecule has 10 nitrogen and oxygen atoms in total. The van der Waals surface area contributed by atoms with Crippen LogP contribution in [-0.4, -0.2) is 76.7 Å². The molecule has 0 aliphatic heterocycles. The number of nitrogens with one attached hydrogen (secondary N) is 3. The van der Waals surface area contributed by atoms with Crippen molar-refractivity contribution in [1.82, 2.24) is 16.0 Å². The van der Waals surface area contributed by atoms with Gasteiger partial charge in [0.2, 0.25) is 17.7 Å². The molecular weight excluding hydrogens is 424 g/mol. The molecule has 180 valence electrons. The molecule has 0 aromatic carbocycles. The van der Waals surface area contributed by atoms with Crippen molar-refractivity contribution in [2.45, 2.75) is 71.1 Å². The minimum atomic E-state index is -1.35. The Kier molecular flexibility index (Phi) is 14.1. The van der Waals surface area contributed by atoms with Gasteiger partial charge in [0, 0.05) is 0 Å². The predicted octanol–water partition coefficient (Wildman–Crippen LogP) is -0.310. The lowest BCUT2D eigenvalue weighted by atomic mass is 9.95. The van der Waals surface area contributed by atoms with Crippen LogP contribution in [0.5, 0.6) is 0 Å². The van der Waals surface area contributed by atoms with E-state index in [0.29, 0.717) is 18.6 Å². The van der Waals surface area contributed by atoms with Crippen LogP contribution in [-0.2, 0) is 19.2 Å². The van der Waals surface area contributed by atoms with E-state index in [0.717, 1.165) is 0 Å². The zero-order valence-electron chi connectivity index (χ0n) is 19.0. The van der Waals surface area contributed by atoms with Gasteiger partial charge in [0.1, 0.15) is 18.1 Å². The van der Waals surface area contributed by atoms with Gasteiger partial charge in [0.25, 0.3) is 0 Å². The topological polar surface area (TPSA) is 171 Å². The molecule has 0 saturated heterocycles. The second-order valence-corrected chi connectivity index (χ2v) is 8.69. The van der Waals surface area contributed by atoms with E-state index in [2.05, 4.69) is 16.0 Å². The van der Waals surface area contributed by atoms with Crippen molar-refractivity contribution < 1.29 is 29.4 Å². The molecule has 0 fully saturated rings. The maximum absolute atomic E-state index is 12.8. The molecule has 0 aromatic heterocycles. The van der Waals surface area contributed by atoms with Gasteiger partial charge >= 0.3 is 5.97 Å². The summed E-state index contributed by atoms with van der Waals surface area (Å²) in [4.78, 5) is 49.1. The number of aliphatic carboxylic acids is 1. The molecule has 6 unspecified atom stereocenters. The van der Waals surface area contributed by atoms with Crippen molar-refractivity contribution in [3.63, 3.8) is 0 Å². The standard InChI is InChI=1S/C20H38N4O6S/c1-6-11(3)15(21)18(27)24-16(12(4)7-2)19(28)23-14(10-25)17(26)22-13(20(29)30)8-9-31-5/h11-16,25H,6-10,21H2,1-5H3,(H,22,26)(H,23,28)(H,24,27)(H,29,30). The number of amides is 3. The molecular formula is C20H38N4O6S. The number of hydrogen-bond donors (Lipinski definition) is 6. The van der Waals surface area contributed by atoms with Crippen molar-refractivity contribution >= 4 is 35.5 Å². The van der Waals surface area contributed by atoms with Crippen molar-refractivity contribution in [1.29, 1.82) is 0 Å². The Morgan fingerprint density at radius 3 is 1.90 bits per heavy atom. The normalized spacial score (nSPS) is 16.9. The number of carboxylic acid groups (broad SMARTS) is 1. The largest absolute Gasteiger partial charge is 0.480 e. The van der Waals surface area contributed by atoms with Crippen LogP contribution in [0.15, 0.2) is 0 Å². The van der Waals surface area contributed by atoms with Gasteiger partial charge < -0.3 is 31.9 Å². The van der Waals surface area contributed by atoms with E-state index in [9.17, 15) is 29.4 Å². The van der Waals surface area contributed by atoms with Gasteiger partial charge in [-0.2, -0.15) is 11.8 Å². The van der Waals surface area contributed by atoms with Crippen LogP contribution in [0.4, 0.5) is 0 Å². The Morgan fingerprint density at radius 2 is 1.45 bits per heavy atom. The van der Waals surface area contributed by atoms with Crippen molar-refractivity contribution in [3.05, 3.63) is 0 Å². The molecule has 31 heavy (non-hydrogen) atoms. The van der Waals surface area contributed by atoms with Gasteiger partial charge in [-0.25, -0.2) is 4.79 Å². The maximum atomic E-state index is 12.8. The fourth-order valence-corrected chi connectivity index (χ4v) is 3.16. The lowest BCUT2D eigenvalue weighted by Crippen LogP contribution is -2.60. The van der Waals surface area contributed by atoms with Crippen molar-refractivity contribution in [2.24, 2.45) is 17.6 Å². The number of aliphatic hydroxyl groups excluding tert-OH is 1. The molecule has 3 amide bonds. The fourth-order valence-electron chi connectivity index (χ4n) is 2.68. The Balaban J connectivity index is 5.28. The van der Waals surface area contributed by atoms with E-state index in [1.54, 1.807) is 6.92 Å². The molecule has 6 atom stereocenters. The third-order valence-corrected chi connectivity index (χ3v) is 6.04. The summed E-state index contributed by atoms with van der Waals surface area (Å²) < 4.78 is 0. The van der Waals surface area contributed by atoms with Crippen molar-refractivity contribution in [2.75, 3.05) is 18.6 Å². The van der Waals surface area contributed by atoms with Crippen LogP contribution in [0.3, 0.4) is 0 Å². The predicted molar refractivity (Wildman–Crippen MR) is 120 cm³/mol. The zero-order valence-corrected chi connectivity index (χ0v) is 19.8. The highest BCUT2D eigenvalue weighted by molar-refractivity contribution is 7.98. The van der Waals surface area contributed by atoms with Crippen LogP contribution in [0.2, 0.25) is 0 Å². The second kappa shape index (κ2) is 15.0. The minimum Gasteiger partial charge on any atom is -0.480 e. The molecule has 0 bridgehead atoms. The Labute approximate surface area is 188 Å². The highest BCUT2D eigenvalue weighted by atomic mass is 32.2. The molecule has 0 spiro atoms. The average molecular weight is 463 g/mol. The summed E-state index contributed by atoms with van der Waals surface area (Å²) in [5.74, 6) is -2.95. The zero-order chi connectivity index (χ0) is 24.1. The summed E-state index contributed by atoms with van der Waals surface area (Å²) in [6.45, 7) is 6.65. The first kappa shape index (κ1) is 29.1. The van der Waals surface area contributed by atoms with E-state index in [1.807, 2.05) is 27.0 Å². The van der Waals surface area contributed by atoms with E-state index in [1.165, 1.54) is 11.8 Å². The van der Waals surface area contributed by atoms with Gasteiger partial charge in [-0.3, -0.25) is 14.4 Å². The number of carbonyl (C=O) groups is 4. The summed E-state index contributed by atoms with van der Waals surface area (Å²) in [6, 6.07) is -4.23. The average Bonchev–Trinajstić information content (AvgIpc) is 2.75. The van der Waals surface area contributed by atoms with Crippen LogP contribution in [0.1, 0.15) is 47.0 Å². The first-order chi connectivity index (χ1) is 14.5. The molecule has 0 aliphatic carbocycles. The summed E-state index contributed by atoms with van der Waals surface area (Å²) >= 11 is 1.44. The van der Waals surface area contributed by atoms with Crippen molar-refractivity contribution in [3.8, 4) is 0 Å². The third-order valence-electron chi connectivity index (χ3n) is 5.39. The van der Waals surface area contributed by atoms with Crippen LogP contribution in [0.25, 0.3) is 0 Å². The van der Waals surface area contributed by atoms with Crippen LogP contribution < -0.4 is 21.7 Å². The number of thioether (sulfide) groups is 1. The SMILES string of the molecule is CCC(C)C(N)C(=O)NC(C(=O)NC(CO)C(=O)NC(CCSC)C(=O)O)C(C)CC. The number of hydrogen-bond acceptors (Lipinski definition) is 7.